The minimum atomic E-state index is -0.233. The average Bonchev–Trinajstić information content (AvgIpc) is 3.02. The quantitative estimate of drug-likeness (QED) is 0.753. The van der Waals surface area contributed by atoms with Gasteiger partial charge in [-0.2, -0.15) is 0 Å². The number of phenols is 1. The molecule has 1 saturated heterocycles. The number of cyclic esters (lactones) is 1. The van der Waals surface area contributed by atoms with E-state index in [2.05, 4.69) is 0 Å². The van der Waals surface area contributed by atoms with Crippen molar-refractivity contribution in [3.05, 3.63) is 47.5 Å². The zero-order chi connectivity index (χ0) is 19.4. The second-order valence-corrected chi connectivity index (χ2v) is 6.60. The van der Waals surface area contributed by atoms with E-state index >= 15 is 0 Å². The third kappa shape index (κ3) is 4.10. The van der Waals surface area contributed by atoms with Crippen LogP contribution in [-0.4, -0.2) is 39.0 Å². The molecule has 0 saturated carbocycles. The van der Waals surface area contributed by atoms with Gasteiger partial charge in [-0.25, -0.2) is 0 Å². The van der Waals surface area contributed by atoms with Gasteiger partial charge in [-0.15, -0.1) is 0 Å². The molecular formula is C21H24O6. The number of aromatic hydroxyl groups is 1. The molecule has 3 rings (SSSR count). The zero-order valence-corrected chi connectivity index (χ0v) is 15.7. The lowest BCUT2D eigenvalue weighted by Crippen LogP contribution is -2.20. The molecule has 27 heavy (non-hydrogen) atoms. The van der Waals surface area contributed by atoms with E-state index in [1.54, 1.807) is 26.4 Å². The number of rotatable bonds is 7. The van der Waals surface area contributed by atoms with Gasteiger partial charge in [0.25, 0.3) is 0 Å². The Kier molecular flexibility index (Phi) is 5.74. The van der Waals surface area contributed by atoms with Crippen LogP contribution in [0.15, 0.2) is 36.4 Å². The van der Waals surface area contributed by atoms with Crippen LogP contribution in [0.4, 0.5) is 0 Å². The van der Waals surface area contributed by atoms with E-state index in [0.29, 0.717) is 36.7 Å². The highest BCUT2D eigenvalue weighted by Crippen LogP contribution is 2.34. The van der Waals surface area contributed by atoms with Crippen molar-refractivity contribution in [2.45, 2.75) is 12.8 Å². The van der Waals surface area contributed by atoms with Gasteiger partial charge < -0.3 is 24.1 Å². The van der Waals surface area contributed by atoms with Gasteiger partial charge in [-0.05, 0) is 48.2 Å². The van der Waals surface area contributed by atoms with Crippen LogP contribution in [0.25, 0.3) is 0 Å². The number of carbonyl (C=O) groups is 1. The number of methoxy groups -OCH3 is 3. The van der Waals surface area contributed by atoms with Gasteiger partial charge >= 0.3 is 5.97 Å². The van der Waals surface area contributed by atoms with Crippen molar-refractivity contribution in [1.82, 2.24) is 0 Å². The van der Waals surface area contributed by atoms with Crippen molar-refractivity contribution in [3.8, 4) is 23.0 Å². The van der Waals surface area contributed by atoms with Crippen LogP contribution in [0.5, 0.6) is 23.0 Å². The van der Waals surface area contributed by atoms with Gasteiger partial charge in [0.05, 0.1) is 33.9 Å². The van der Waals surface area contributed by atoms with Crippen molar-refractivity contribution in [2.75, 3.05) is 27.9 Å². The lowest BCUT2D eigenvalue weighted by Gasteiger charge is -2.17. The Labute approximate surface area is 158 Å². The van der Waals surface area contributed by atoms with Crippen LogP contribution in [0.2, 0.25) is 0 Å². The number of hydrogen-bond donors (Lipinski definition) is 1. The Morgan fingerprint density at radius 3 is 2.26 bits per heavy atom. The maximum atomic E-state index is 12.3. The van der Waals surface area contributed by atoms with Gasteiger partial charge in [-0.3, -0.25) is 4.79 Å². The second kappa shape index (κ2) is 8.20. The van der Waals surface area contributed by atoms with Gasteiger partial charge in [0.15, 0.2) is 23.0 Å². The van der Waals surface area contributed by atoms with Crippen molar-refractivity contribution in [3.63, 3.8) is 0 Å². The van der Waals surface area contributed by atoms with Crippen LogP contribution >= 0.6 is 0 Å². The van der Waals surface area contributed by atoms with E-state index in [0.717, 1.165) is 11.1 Å². The van der Waals surface area contributed by atoms with E-state index in [-0.39, 0.29) is 23.6 Å². The van der Waals surface area contributed by atoms with E-state index in [4.69, 9.17) is 18.9 Å². The summed E-state index contributed by atoms with van der Waals surface area (Å²) in [6, 6.07) is 10.9. The lowest BCUT2D eigenvalue weighted by molar-refractivity contribution is -0.141. The molecule has 2 atom stereocenters. The third-order valence-corrected chi connectivity index (χ3v) is 4.96. The molecule has 0 aromatic heterocycles. The van der Waals surface area contributed by atoms with Crippen molar-refractivity contribution in [2.24, 2.45) is 11.8 Å². The second-order valence-electron chi connectivity index (χ2n) is 6.60. The standard InChI is InChI=1S/C21H24O6/c1-24-18-7-5-14(11-20(18)26-3)9-16-15(12-27-21(16)23)8-13-4-6-17(22)19(10-13)25-2/h4-7,10-11,15-16,22H,8-9,12H2,1-3H3. The summed E-state index contributed by atoms with van der Waals surface area (Å²) < 4.78 is 21.1. The van der Waals surface area contributed by atoms with Crippen molar-refractivity contribution >= 4 is 5.97 Å². The monoisotopic (exact) mass is 372 g/mol. The summed E-state index contributed by atoms with van der Waals surface area (Å²) in [7, 11) is 4.70. The molecule has 1 heterocycles. The Bertz CT molecular complexity index is 816. The molecule has 2 aromatic carbocycles. The first-order valence-corrected chi connectivity index (χ1v) is 8.79. The van der Waals surface area contributed by atoms with Crippen molar-refractivity contribution in [1.29, 1.82) is 0 Å². The fourth-order valence-corrected chi connectivity index (χ4v) is 3.47. The van der Waals surface area contributed by atoms with Crippen molar-refractivity contribution < 1.29 is 28.8 Å². The number of phenolic OH excluding ortho intramolecular Hbond substituents is 1. The van der Waals surface area contributed by atoms with Gasteiger partial charge in [-0.1, -0.05) is 12.1 Å². The number of hydrogen-bond acceptors (Lipinski definition) is 6. The summed E-state index contributed by atoms with van der Waals surface area (Å²) >= 11 is 0. The summed E-state index contributed by atoms with van der Waals surface area (Å²) in [5.74, 6) is 1.46. The van der Waals surface area contributed by atoms with Gasteiger partial charge in [0, 0.05) is 5.92 Å². The minimum Gasteiger partial charge on any atom is -0.504 e. The molecule has 1 aliphatic rings. The van der Waals surface area contributed by atoms with E-state index in [1.807, 2.05) is 24.3 Å². The van der Waals surface area contributed by atoms with Crippen LogP contribution in [0, 0.1) is 11.8 Å². The van der Waals surface area contributed by atoms with Gasteiger partial charge in [0.1, 0.15) is 0 Å². The molecule has 0 aliphatic carbocycles. The molecule has 0 radical (unpaired) electrons. The first-order chi connectivity index (χ1) is 13.0. The zero-order valence-electron chi connectivity index (χ0n) is 15.7. The van der Waals surface area contributed by atoms with Crippen LogP contribution < -0.4 is 14.2 Å². The van der Waals surface area contributed by atoms with E-state index in [9.17, 15) is 9.90 Å². The maximum absolute atomic E-state index is 12.3. The molecule has 2 aromatic rings. The first kappa shape index (κ1) is 18.9. The van der Waals surface area contributed by atoms with Crippen LogP contribution in [0.3, 0.4) is 0 Å². The highest BCUT2D eigenvalue weighted by atomic mass is 16.5. The summed E-state index contributed by atoms with van der Waals surface area (Å²) in [5.41, 5.74) is 1.98. The minimum absolute atomic E-state index is 0.0554. The fourth-order valence-electron chi connectivity index (χ4n) is 3.47. The molecule has 6 heteroatoms. The Morgan fingerprint density at radius 1 is 0.926 bits per heavy atom. The fraction of sp³-hybridized carbons (Fsp3) is 0.381. The van der Waals surface area contributed by atoms with E-state index < -0.39 is 0 Å². The Hall–Kier alpha value is -2.89. The summed E-state index contributed by atoms with van der Waals surface area (Å²) in [6.07, 6.45) is 1.24. The molecular weight excluding hydrogens is 348 g/mol. The summed E-state index contributed by atoms with van der Waals surface area (Å²) in [5, 5.41) is 9.75. The normalized spacial score (nSPS) is 18.9. The summed E-state index contributed by atoms with van der Waals surface area (Å²) in [6.45, 7) is 0.389. The predicted molar refractivity (Wildman–Crippen MR) is 99.6 cm³/mol. The van der Waals surface area contributed by atoms with Crippen LogP contribution in [-0.2, 0) is 22.4 Å². The Balaban J connectivity index is 1.77. The SMILES string of the molecule is COc1cc(CC2COC(=O)C2Cc2ccc(OC)c(OC)c2)ccc1O. The molecule has 1 fully saturated rings. The first-order valence-electron chi connectivity index (χ1n) is 8.79. The summed E-state index contributed by atoms with van der Waals surface area (Å²) in [4.78, 5) is 12.3. The largest absolute Gasteiger partial charge is 0.504 e. The lowest BCUT2D eigenvalue weighted by atomic mass is 9.85. The molecule has 1 aliphatic heterocycles. The molecule has 2 unspecified atom stereocenters. The smallest absolute Gasteiger partial charge is 0.309 e. The molecule has 1 N–H and O–H groups in total. The predicted octanol–water partition coefficient (Wildman–Crippen LogP) is 2.99. The molecule has 0 amide bonds. The third-order valence-electron chi connectivity index (χ3n) is 4.96. The number of esters is 1. The number of carbonyl (C=O) groups excluding carboxylic acids is 1. The molecule has 0 bridgehead atoms. The van der Waals surface area contributed by atoms with E-state index in [1.165, 1.54) is 7.11 Å². The topological polar surface area (TPSA) is 74.2 Å². The molecule has 144 valence electrons. The highest BCUT2D eigenvalue weighted by molar-refractivity contribution is 5.75. The average molecular weight is 372 g/mol. The molecule has 6 nitrogen and oxygen atoms in total. The maximum Gasteiger partial charge on any atom is 0.309 e. The molecule has 0 spiro atoms. The Morgan fingerprint density at radius 2 is 1.56 bits per heavy atom. The van der Waals surface area contributed by atoms with Crippen LogP contribution in [0.1, 0.15) is 11.1 Å². The van der Waals surface area contributed by atoms with Gasteiger partial charge in [0.2, 0.25) is 0 Å². The number of ether oxygens (including phenoxy) is 4. The highest BCUT2D eigenvalue weighted by Gasteiger charge is 2.37. The number of benzene rings is 2.